The minimum absolute atomic E-state index is 0.0648. The first kappa shape index (κ1) is 17.4. The van der Waals surface area contributed by atoms with Crippen molar-refractivity contribution in [1.82, 2.24) is 15.5 Å². The zero-order chi connectivity index (χ0) is 14.3. The Bertz CT molecular complexity index is 234. The van der Waals surface area contributed by atoms with Gasteiger partial charge in [0.2, 0.25) is 5.91 Å². The molecule has 0 saturated heterocycles. The standard InChI is InChI=1S/C14H31N3O/c1-11(2)8-12(10-17(6)7)15-9-13(18)16-14(3,4)5/h11-12,15H,8-10H2,1-7H3,(H,16,18). The first-order valence-electron chi connectivity index (χ1n) is 6.79. The smallest absolute Gasteiger partial charge is 0.234 e. The summed E-state index contributed by atoms with van der Waals surface area (Å²) >= 11 is 0. The third kappa shape index (κ3) is 10.5. The maximum Gasteiger partial charge on any atom is 0.234 e. The van der Waals surface area contributed by atoms with E-state index in [4.69, 9.17) is 0 Å². The van der Waals surface area contributed by atoms with Crippen molar-refractivity contribution in [2.45, 2.75) is 52.6 Å². The normalized spacial score (nSPS) is 14.1. The molecule has 0 spiro atoms. The van der Waals surface area contributed by atoms with E-state index in [9.17, 15) is 4.79 Å². The highest BCUT2D eigenvalue weighted by Crippen LogP contribution is 2.05. The van der Waals surface area contributed by atoms with Crippen LogP contribution in [0.3, 0.4) is 0 Å². The molecular formula is C14H31N3O. The van der Waals surface area contributed by atoms with Gasteiger partial charge in [0, 0.05) is 18.1 Å². The second kappa shape index (κ2) is 7.74. The first-order chi connectivity index (χ1) is 8.10. The summed E-state index contributed by atoms with van der Waals surface area (Å²) in [5.41, 5.74) is -0.159. The van der Waals surface area contributed by atoms with Crippen molar-refractivity contribution < 1.29 is 4.79 Å². The first-order valence-corrected chi connectivity index (χ1v) is 6.79. The Morgan fingerprint density at radius 3 is 2.17 bits per heavy atom. The molecule has 18 heavy (non-hydrogen) atoms. The van der Waals surface area contributed by atoms with Crippen molar-refractivity contribution in [2.75, 3.05) is 27.2 Å². The third-order valence-electron chi connectivity index (χ3n) is 2.41. The summed E-state index contributed by atoms with van der Waals surface area (Å²) in [7, 11) is 4.12. The van der Waals surface area contributed by atoms with Crippen LogP contribution in [0, 0.1) is 5.92 Å². The van der Waals surface area contributed by atoms with Gasteiger partial charge in [-0.15, -0.1) is 0 Å². The Balaban J connectivity index is 4.13. The highest BCUT2D eigenvalue weighted by atomic mass is 16.2. The number of hydrogen-bond donors (Lipinski definition) is 2. The molecular weight excluding hydrogens is 226 g/mol. The van der Waals surface area contributed by atoms with Crippen LogP contribution in [0.4, 0.5) is 0 Å². The predicted molar refractivity (Wildman–Crippen MR) is 77.7 cm³/mol. The lowest BCUT2D eigenvalue weighted by molar-refractivity contribution is -0.121. The molecule has 1 atom stereocenters. The highest BCUT2D eigenvalue weighted by molar-refractivity contribution is 5.78. The fourth-order valence-corrected chi connectivity index (χ4v) is 1.93. The molecule has 0 heterocycles. The average molecular weight is 257 g/mol. The van der Waals surface area contributed by atoms with Crippen LogP contribution in [0.15, 0.2) is 0 Å². The van der Waals surface area contributed by atoms with Crippen LogP contribution in [0.2, 0.25) is 0 Å². The van der Waals surface area contributed by atoms with Crippen LogP contribution >= 0.6 is 0 Å². The minimum Gasteiger partial charge on any atom is -0.350 e. The van der Waals surface area contributed by atoms with E-state index in [-0.39, 0.29) is 11.4 Å². The Morgan fingerprint density at radius 1 is 1.22 bits per heavy atom. The van der Waals surface area contributed by atoms with Crippen LogP contribution in [-0.2, 0) is 4.79 Å². The van der Waals surface area contributed by atoms with Crippen molar-refractivity contribution >= 4 is 5.91 Å². The zero-order valence-corrected chi connectivity index (χ0v) is 13.1. The molecule has 4 nitrogen and oxygen atoms in total. The van der Waals surface area contributed by atoms with Gasteiger partial charge in [0.1, 0.15) is 0 Å². The van der Waals surface area contributed by atoms with E-state index in [1.807, 2.05) is 20.8 Å². The van der Waals surface area contributed by atoms with Crippen LogP contribution < -0.4 is 10.6 Å². The number of amides is 1. The molecule has 1 unspecified atom stereocenters. The van der Waals surface area contributed by atoms with Crippen molar-refractivity contribution in [3.05, 3.63) is 0 Å². The van der Waals surface area contributed by atoms with Gasteiger partial charge in [0.25, 0.3) is 0 Å². The second-order valence-corrected chi connectivity index (χ2v) is 6.77. The highest BCUT2D eigenvalue weighted by Gasteiger charge is 2.16. The molecule has 0 aliphatic heterocycles. The molecule has 0 rings (SSSR count). The number of rotatable bonds is 7. The van der Waals surface area contributed by atoms with E-state index in [1.54, 1.807) is 0 Å². The lowest BCUT2D eigenvalue weighted by atomic mass is 10.0. The summed E-state index contributed by atoms with van der Waals surface area (Å²) in [6, 6.07) is 0.366. The number of nitrogens with one attached hydrogen (secondary N) is 2. The lowest BCUT2D eigenvalue weighted by Gasteiger charge is -2.25. The molecule has 1 amide bonds. The molecule has 108 valence electrons. The molecule has 0 aliphatic rings. The molecule has 0 aromatic carbocycles. The summed E-state index contributed by atoms with van der Waals surface area (Å²) in [6.45, 7) is 11.8. The summed E-state index contributed by atoms with van der Waals surface area (Å²) < 4.78 is 0. The number of likely N-dealkylation sites (N-methyl/N-ethyl adjacent to an activating group) is 1. The Hall–Kier alpha value is -0.610. The van der Waals surface area contributed by atoms with Crippen LogP contribution in [0.1, 0.15) is 41.0 Å². The summed E-state index contributed by atoms with van der Waals surface area (Å²) in [5, 5.41) is 6.32. The predicted octanol–water partition coefficient (Wildman–Crippen LogP) is 1.47. The van der Waals surface area contributed by atoms with Gasteiger partial charge >= 0.3 is 0 Å². The molecule has 0 aromatic heterocycles. The van der Waals surface area contributed by atoms with Crippen molar-refractivity contribution in [3.8, 4) is 0 Å². The Labute approximate surface area is 113 Å². The van der Waals surface area contributed by atoms with Crippen LogP contribution in [0.25, 0.3) is 0 Å². The average Bonchev–Trinajstić information content (AvgIpc) is 2.09. The minimum atomic E-state index is -0.159. The number of carbonyl (C=O) groups excluding carboxylic acids is 1. The van der Waals surface area contributed by atoms with Gasteiger partial charge in [-0.1, -0.05) is 13.8 Å². The zero-order valence-electron chi connectivity index (χ0n) is 13.1. The molecule has 0 radical (unpaired) electrons. The summed E-state index contributed by atoms with van der Waals surface area (Å²) in [4.78, 5) is 13.9. The maximum atomic E-state index is 11.7. The second-order valence-electron chi connectivity index (χ2n) is 6.77. The van der Waals surface area contributed by atoms with E-state index in [0.29, 0.717) is 18.5 Å². The molecule has 0 saturated carbocycles. The number of hydrogen-bond acceptors (Lipinski definition) is 3. The monoisotopic (exact) mass is 257 g/mol. The van der Waals surface area contributed by atoms with Crippen molar-refractivity contribution in [1.29, 1.82) is 0 Å². The largest absolute Gasteiger partial charge is 0.350 e. The quantitative estimate of drug-likeness (QED) is 0.726. The van der Waals surface area contributed by atoms with Gasteiger partial charge in [0.15, 0.2) is 0 Å². The molecule has 0 aromatic rings. The molecule has 0 aliphatic carbocycles. The van der Waals surface area contributed by atoms with Crippen LogP contribution in [0.5, 0.6) is 0 Å². The van der Waals surface area contributed by atoms with E-state index in [0.717, 1.165) is 13.0 Å². The van der Waals surface area contributed by atoms with Gasteiger partial charge < -0.3 is 15.5 Å². The van der Waals surface area contributed by atoms with E-state index < -0.39 is 0 Å². The topological polar surface area (TPSA) is 44.4 Å². The van der Waals surface area contributed by atoms with Crippen LogP contribution in [-0.4, -0.2) is 49.6 Å². The molecule has 0 bridgehead atoms. The Morgan fingerprint density at radius 2 is 1.78 bits per heavy atom. The summed E-state index contributed by atoms with van der Waals surface area (Å²) in [6.07, 6.45) is 1.08. The molecule has 2 N–H and O–H groups in total. The fourth-order valence-electron chi connectivity index (χ4n) is 1.93. The van der Waals surface area contributed by atoms with Crippen molar-refractivity contribution in [2.24, 2.45) is 5.92 Å². The lowest BCUT2D eigenvalue weighted by Crippen LogP contribution is -2.48. The molecule has 0 fully saturated rings. The number of nitrogens with zero attached hydrogens (tertiary/aromatic N) is 1. The van der Waals surface area contributed by atoms with E-state index in [1.165, 1.54) is 0 Å². The number of carbonyl (C=O) groups is 1. The molecule has 4 heteroatoms. The summed E-state index contributed by atoms with van der Waals surface area (Å²) in [5.74, 6) is 0.697. The fraction of sp³-hybridized carbons (Fsp3) is 0.929. The SMILES string of the molecule is CC(C)CC(CN(C)C)NCC(=O)NC(C)(C)C. The van der Waals surface area contributed by atoms with Gasteiger partial charge in [-0.3, -0.25) is 4.79 Å². The third-order valence-corrected chi connectivity index (χ3v) is 2.41. The van der Waals surface area contributed by atoms with Gasteiger partial charge in [-0.05, 0) is 47.2 Å². The van der Waals surface area contributed by atoms with E-state index >= 15 is 0 Å². The van der Waals surface area contributed by atoms with Gasteiger partial charge in [-0.2, -0.15) is 0 Å². The Kier molecular flexibility index (Phi) is 7.48. The van der Waals surface area contributed by atoms with Gasteiger partial charge in [0.05, 0.1) is 6.54 Å². The van der Waals surface area contributed by atoms with E-state index in [2.05, 4.69) is 43.5 Å². The maximum absolute atomic E-state index is 11.7. The van der Waals surface area contributed by atoms with Gasteiger partial charge in [-0.25, -0.2) is 0 Å². The van der Waals surface area contributed by atoms with Crippen molar-refractivity contribution in [3.63, 3.8) is 0 Å².